The van der Waals surface area contributed by atoms with Crippen LogP contribution in [0.15, 0.2) is 12.2 Å². The number of ether oxygens (including phenoxy) is 2. The molecule has 4 heteroatoms. The first-order chi connectivity index (χ1) is 14.1. The first-order valence-electron chi connectivity index (χ1n) is 12.2. The van der Waals surface area contributed by atoms with E-state index in [9.17, 15) is 9.59 Å². The van der Waals surface area contributed by atoms with Crippen LogP contribution in [0.25, 0.3) is 0 Å². The van der Waals surface area contributed by atoms with Crippen molar-refractivity contribution in [3.05, 3.63) is 12.2 Å². The van der Waals surface area contributed by atoms with Gasteiger partial charge in [-0.15, -0.1) is 0 Å². The third kappa shape index (κ3) is 17.5. The summed E-state index contributed by atoms with van der Waals surface area (Å²) < 4.78 is 10.9. The Bertz CT molecular complexity index is 491. The van der Waals surface area contributed by atoms with Crippen LogP contribution in [0.4, 0.5) is 0 Å². The highest BCUT2D eigenvalue weighted by Gasteiger charge is 2.20. The summed E-state index contributed by atoms with van der Waals surface area (Å²) in [5.74, 6) is -0.197. The summed E-state index contributed by atoms with van der Waals surface area (Å²) in [6.45, 7) is 11.9. The second-order valence-electron chi connectivity index (χ2n) is 9.57. The number of hydrogen-bond donors (Lipinski definition) is 0. The second kappa shape index (κ2) is 16.4. The van der Waals surface area contributed by atoms with Crippen LogP contribution in [0.3, 0.4) is 0 Å². The van der Waals surface area contributed by atoms with Crippen LogP contribution in [0.2, 0.25) is 0 Å². The highest BCUT2D eigenvalue weighted by Crippen LogP contribution is 2.17. The van der Waals surface area contributed by atoms with Gasteiger partial charge in [0.25, 0.3) is 0 Å². The number of hydrogen-bond acceptors (Lipinski definition) is 4. The van der Waals surface area contributed by atoms with Gasteiger partial charge in [0, 0.05) is 6.42 Å². The van der Waals surface area contributed by atoms with Crippen molar-refractivity contribution >= 4 is 11.9 Å². The number of esters is 2. The van der Waals surface area contributed by atoms with E-state index < -0.39 is 0 Å². The zero-order valence-corrected chi connectivity index (χ0v) is 20.7. The maximum absolute atomic E-state index is 11.8. The molecule has 0 bridgehead atoms. The van der Waals surface area contributed by atoms with E-state index in [2.05, 4.69) is 6.08 Å². The van der Waals surface area contributed by atoms with Crippen molar-refractivity contribution in [1.82, 2.24) is 0 Å². The van der Waals surface area contributed by atoms with Crippen LogP contribution >= 0.6 is 0 Å². The van der Waals surface area contributed by atoms with E-state index in [0.29, 0.717) is 12.8 Å². The minimum atomic E-state index is -0.359. The topological polar surface area (TPSA) is 52.6 Å². The van der Waals surface area contributed by atoms with Crippen LogP contribution in [-0.4, -0.2) is 23.1 Å². The fourth-order valence-corrected chi connectivity index (χ4v) is 2.92. The molecule has 0 aromatic carbocycles. The van der Waals surface area contributed by atoms with Crippen LogP contribution in [0, 0.1) is 0 Å². The Hall–Kier alpha value is -1.32. The molecule has 0 aromatic heterocycles. The number of allylic oxidation sites excluding steroid dienone is 1. The van der Waals surface area contributed by atoms with Gasteiger partial charge in [-0.2, -0.15) is 0 Å². The lowest BCUT2D eigenvalue weighted by Gasteiger charge is -2.23. The molecule has 0 saturated carbocycles. The summed E-state index contributed by atoms with van der Waals surface area (Å²) >= 11 is 0. The van der Waals surface area contributed by atoms with Gasteiger partial charge in [-0.3, -0.25) is 9.59 Å². The molecule has 0 amide bonds. The Kier molecular flexibility index (Phi) is 15.7. The van der Waals surface area contributed by atoms with Gasteiger partial charge in [0.1, 0.15) is 11.2 Å². The largest absolute Gasteiger partial charge is 0.460 e. The van der Waals surface area contributed by atoms with Crippen molar-refractivity contribution in [2.45, 2.75) is 143 Å². The molecule has 0 heterocycles. The van der Waals surface area contributed by atoms with Crippen molar-refractivity contribution < 1.29 is 19.1 Å². The molecular formula is C26H48O4. The van der Waals surface area contributed by atoms with E-state index in [-0.39, 0.29) is 23.1 Å². The van der Waals surface area contributed by atoms with E-state index in [1.165, 1.54) is 44.9 Å². The Balaban J connectivity index is 3.45. The predicted molar refractivity (Wildman–Crippen MR) is 125 cm³/mol. The Morgan fingerprint density at radius 3 is 1.57 bits per heavy atom. The maximum atomic E-state index is 11.8. The van der Waals surface area contributed by atoms with Crippen molar-refractivity contribution in [3.63, 3.8) is 0 Å². The molecule has 0 spiro atoms. The standard InChI is InChI=1S/C26H48O4/c1-7-25(3,4)29-23(27)21-19-17-15-13-11-9-10-12-14-16-18-20-22-24(28)30-26(5,6)8-2/h17,19H,7-16,18,20-22H2,1-6H3/b19-17+. The Morgan fingerprint density at radius 2 is 1.07 bits per heavy atom. The third-order valence-corrected chi connectivity index (χ3v) is 5.69. The number of rotatable bonds is 18. The summed E-state index contributed by atoms with van der Waals surface area (Å²) in [5.41, 5.74) is -0.687. The normalized spacial score (nSPS) is 12.3. The molecule has 0 N–H and O–H groups in total. The van der Waals surface area contributed by atoms with E-state index in [4.69, 9.17) is 9.47 Å². The highest BCUT2D eigenvalue weighted by atomic mass is 16.6. The lowest BCUT2D eigenvalue weighted by Crippen LogP contribution is -2.26. The van der Waals surface area contributed by atoms with Crippen molar-refractivity contribution in [3.8, 4) is 0 Å². The summed E-state index contributed by atoms with van der Waals surface area (Å²) in [6.07, 6.45) is 18.5. The van der Waals surface area contributed by atoms with Gasteiger partial charge in [0.15, 0.2) is 0 Å². The van der Waals surface area contributed by atoms with Crippen LogP contribution in [-0.2, 0) is 19.1 Å². The third-order valence-electron chi connectivity index (χ3n) is 5.69. The van der Waals surface area contributed by atoms with Gasteiger partial charge in [0.2, 0.25) is 0 Å². The van der Waals surface area contributed by atoms with Gasteiger partial charge in [-0.25, -0.2) is 0 Å². The predicted octanol–water partition coefficient (Wildman–Crippen LogP) is 7.69. The van der Waals surface area contributed by atoms with Crippen molar-refractivity contribution in [2.75, 3.05) is 0 Å². The lowest BCUT2D eigenvalue weighted by atomic mass is 10.1. The summed E-state index contributed by atoms with van der Waals surface area (Å²) in [6, 6.07) is 0. The maximum Gasteiger partial charge on any atom is 0.310 e. The van der Waals surface area contributed by atoms with E-state index in [0.717, 1.165) is 32.1 Å². The van der Waals surface area contributed by atoms with Gasteiger partial charge in [-0.1, -0.05) is 70.9 Å². The monoisotopic (exact) mass is 424 g/mol. The zero-order valence-electron chi connectivity index (χ0n) is 20.7. The van der Waals surface area contributed by atoms with Crippen molar-refractivity contribution in [2.24, 2.45) is 0 Å². The smallest absolute Gasteiger partial charge is 0.310 e. The molecule has 0 aliphatic heterocycles. The summed E-state index contributed by atoms with van der Waals surface area (Å²) in [4.78, 5) is 23.5. The molecule has 4 nitrogen and oxygen atoms in total. The van der Waals surface area contributed by atoms with Crippen molar-refractivity contribution in [1.29, 1.82) is 0 Å². The summed E-state index contributed by atoms with van der Waals surface area (Å²) in [7, 11) is 0. The average Bonchev–Trinajstić information content (AvgIpc) is 2.67. The van der Waals surface area contributed by atoms with Gasteiger partial charge in [0.05, 0.1) is 6.42 Å². The first-order valence-corrected chi connectivity index (χ1v) is 12.2. The minimum Gasteiger partial charge on any atom is -0.460 e. The van der Waals surface area contributed by atoms with Crippen LogP contribution in [0.5, 0.6) is 0 Å². The van der Waals surface area contributed by atoms with Crippen LogP contribution in [0.1, 0.15) is 131 Å². The molecule has 0 rings (SSSR count). The fourth-order valence-electron chi connectivity index (χ4n) is 2.92. The Labute approximate surface area is 186 Å². The molecule has 0 aliphatic carbocycles. The van der Waals surface area contributed by atoms with E-state index >= 15 is 0 Å². The fraction of sp³-hybridized carbons (Fsp3) is 0.846. The number of unbranched alkanes of at least 4 members (excludes halogenated alkanes) is 9. The summed E-state index contributed by atoms with van der Waals surface area (Å²) in [5, 5.41) is 0. The van der Waals surface area contributed by atoms with Gasteiger partial charge >= 0.3 is 11.9 Å². The Morgan fingerprint density at radius 1 is 0.633 bits per heavy atom. The molecule has 0 aliphatic rings. The molecule has 0 saturated heterocycles. The molecule has 0 radical (unpaired) electrons. The van der Waals surface area contributed by atoms with Crippen LogP contribution < -0.4 is 0 Å². The second-order valence-corrected chi connectivity index (χ2v) is 9.57. The highest BCUT2D eigenvalue weighted by molar-refractivity contribution is 5.71. The number of carbonyl (C=O) groups is 2. The van der Waals surface area contributed by atoms with E-state index in [1.54, 1.807) is 0 Å². The molecule has 0 fully saturated rings. The SMILES string of the molecule is CCC(C)(C)OC(=O)C/C=C/CCCCCCCCCCCC(=O)OC(C)(C)CC. The van der Waals surface area contributed by atoms with Gasteiger partial charge < -0.3 is 9.47 Å². The average molecular weight is 425 g/mol. The molecular weight excluding hydrogens is 376 g/mol. The molecule has 0 unspecified atom stereocenters. The molecule has 176 valence electrons. The van der Waals surface area contributed by atoms with Gasteiger partial charge in [-0.05, 0) is 59.8 Å². The number of carbonyl (C=O) groups excluding carboxylic acids is 2. The molecule has 0 aromatic rings. The lowest BCUT2D eigenvalue weighted by molar-refractivity contribution is -0.157. The first kappa shape index (κ1) is 28.7. The van der Waals surface area contributed by atoms with E-state index in [1.807, 2.05) is 47.6 Å². The molecule has 30 heavy (non-hydrogen) atoms. The minimum absolute atomic E-state index is 0.0578. The quantitative estimate of drug-likeness (QED) is 0.129. The zero-order chi connectivity index (χ0) is 22.9. The molecule has 0 atom stereocenters.